The maximum absolute atomic E-state index is 11.6. The smallest absolute Gasteiger partial charge is 0.272 e. The number of nitrogens with zero attached hydrogens (tertiary/aromatic N) is 4. The zero-order chi connectivity index (χ0) is 12.1. The van der Waals surface area contributed by atoms with E-state index in [-0.39, 0.29) is 18.1 Å². The molecule has 2 aromatic rings. The summed E-state index contributed by atoms with van der Waals surface area (Å²) in [6.45, 7) is 0.247. The number of nitrogen functional groups attached to an aromatic ring is 1. The highest BCUT2D eigenvalue weighted by Crippen LogP contribution is 1.99. The normalized spacial score (nSPS) is 9.94. The van der Waals surface area contributed by atoms with E-state index in [4.69, 9.17) is 5.84 Å². The highest BCUT2D eigenvalue weighted by Gasteiger charge is 2.08. The van der Waals surface area contributed by atoms with Crippen molar-refractivity contribution in [2.75, 3.05) is 5.43 Å². The number of nitrogens with two attached hydrogens (primary N) is 1. The van der Waals surface area contributed by atoms with E-state index in [0.717, 1.165) is 0 Å². The first-order chi connectivity index (χ1) is 8.29. The van der Waals surface area contributed by atoms with Crippen LogP contribution in [0.1, 0.15) is 16.3 Å². The fraction of sp³-hybridized carbons (Fsp3) is 0.125. The Kier molecular flexibility index (Phi) is 3.21. The summed E-state index contributed by atoms with van der Waals surface area (Å²) < 4.78 is 0. The molecule has 9 heteroatoms. The zero-order valence-corrected chi connectivity index (χ0v) is 8.71. The van der Waals surface area contributed by atoms with Crippen LogP contribution < -0.4 is 16.6 Å². The van der Waals surface area contributed by atoms with Gasteiger partial charge in [0.2, 0.25) is 0 Å². The third kappa shape index (κ3) is 2.72. The number of rotatable bonds is 4. The molecule has 0 saturated carbocycles. The predicted molar refractivity (Wildman–Crippen MR) is 57.4 cm³/mol. The minimum Gasteiger partial charge on any atom is -0.343 e. The first kappa shape index (κ1) is 11.0. The van der Waals surface area contributed by atoms with E-state index in [1.165, 1.54) is 12.4 Å². The molecule has 9 nitrogen and oxygen atoms in total. The average Bonchev–Trinajstić information content (AvgIpc) is 2.89. The summed E-state index contributed by atoms with van der Waals surface area (Å²) in [5, 5.41) is 16.3. The van der Waals surface area contributed by atoms with Gasteiger partial charge in [0.25, 0.3) is 5.91 Å². The highest BCUT2D eigenvalue weighted by atomic mass is 16.1. The number of hydrogen-bond donors (Lipinski definition) is 4. The largest absolute Gasteiger partial charge is 0.343 e. The number of amides is 1. The molecule has 0 aliphatic rings. The van der Waals surface area contributed by atoms with Crippen LogP contribution in [0.15, 0.2) is 18.5 Å². The lowest BCUT2D eigenvalue weighted by molar-refractivity contribution is 0.0944. The van der Waals surface area contributed by atoms with Crippen molar-refractivity contribution < 1.29 is 4.79 Å². The molecule has 0 aliphatic heterocycles. The summed E-state index contributed by atoms with van der Waals surface area (Å²) >= 11 is 0. The molecule has 0 saturated heterocycles. The summed E-state index contributed by atoms with van der Waals surface area (Å²) in [5.41, 5.74) is 2.52. The maximum atomic E-state index is 11.6. The summed E-state index contributed by atoms with van der Waals surface area (Å²) in [4.78, 5) is 15.5. The molecular weight excluding hydrogens is 224 g/mol. The second kappa shape index (κ2) is 4.99. The molecule has 0 spiro atoms. The van der Waals surface area contributed by atoms with Gasteiger partial charge in [0.05, 0.1) is 6.54 Å². The lowest BCUT2D eigenvalue weighted by Crippen LogP contribution is -2.25. The fourth-order valence-corrected chi connectivity index (χ4v) is 1.10. The van der Waals surface area contributed by atoms with Crippen LogP contribution >= 0.6 is 0 Å². The van der Waals surface area contributed by atoms with Gasteiger partial charge in [0.1, 0.15) is 12.2 Å². The zero-order valence-electron chi connectivity index (χ0n) is 8.71. The van der Waals surface area contributed by atoms with E-state index < -0.39 is 0 Å². The van der Waals surface area contributed by atoms with Crippen molar-refractivity contribution in [2.45, 2.75) is 6.54 Å². The molecular formula is C8H10N8O. The SMILES string of the molecule is NNc1ccc(C(=O)NCc2ncn[nH]2)nn1. The van der Waals surface area contributed by atoms with Gasteiger partial charge < -0.3 is 10.7 Å². The summed E-state index contributed by atoms with van der Waals surface area (Å²) in [6, 6.07) is 3.06. The Hall–Kier alpha value is -2.55. The Bertz CT molecular complexity index is 479. The lowest BCUT2D eigenvalue weighted by atomic mass is 10.3. The van der Waals surface area contributed by atoms with Gasteiger partial charge in [-0.2, -0.15) is 5.10 Å². The summed E-state index contributed by atoms with van der Waals surface area (Å²) in [6.07, 6.45) is 1.36. The Labute approximate surface area is 95.8 Å². The van der Waals surface area contributed by atoms with Crippen LogP contribution in [-0.4, -0.2) is 31.3 Å². The van der Waals surface area contributed by atoms with Gasteiger partial charge in [-0.05, 0) is 12.1 Å². The van der Waals surface area contributed by atoms with Gasteiger partial charge in [0, 0.05) is 0 Å². The van der Waals surface area contributed by atoms with Crippen molar-refractivity contribution in [2.24, 2.45) is 5.84 Å². The van der Waals surface area contributed by atoms with Gasteiger partial charge in [0.15, 0.2) is 11.5 Å². The molecule has 1 amide bonds. The lowest BCUT2D eigenvalue weighted by Gasteiger charge is -2.02. The second-order valence-electron chi connectivity index (χ2n) is 3.06. The number of nitrogens with one attached hydrogen (secondary N) is 3. The van der Waals surface area contributed by atoms with E-state index in [1.54, 1.807) is 6.07 Å². The number of hydrazine groups is 1. The van der Waals surface area contributed by atoms with Gasteiger partial charge >= 0.3 is 0 Å². The molecule has 0 bridgehead atoms. The third-order valence-corrected chi connectivity index (χ3v) is 1.93. The fourth-order valence-electron chi connectivity index (χ4n) is 1.10. The van der Waals surface area contributed by atoms with Crippen LogP contribution in [-0.2, 0) is 6.54 Å². The van der Waals surface area contributed by atoms with E-state index in [9.17, 15) is 4.79 Å². The van der Waals surface area contributed by atoms with Crippen molar-refractivity contribution in [3.63, 3.8) is 0 Å². The number of anilines is 1. The highest BCUT2D eigenvalue weighted by molar-refractivity contribution is 5.92. The molecule has 0 fully saturated rings. The Balaban J connectivity index is 1.95. The van der Waals surface area contributed by atoms with E-state index in [2.05, 4.69) is 36.1 Å². The van der Waals surface area contributed by atoms with Crippen LogP contribution in [0.4, 0.5) is 5.82 Å². The predicted octanol–water partition coefficient (Wildman–Crippen LogP) is -1.19. The quantitative estimate of drug-likeness (QED) is 0.386. The average molecular weight is 234 g/mol. The Morgan fingerprint density at radius 2 is 2.29 bits per heavy atom. The van der Waals surface area contributed by atoms with Crippen molar-refractivity contribution in [3.05, 3.63) is 30.0 Å². The topological polar surface area (TPSA) is 134 Å². The molecule has 2 heterocycles. The first-order valence-corrected chi connectivity index (χ1v) is 4.72. The molecule has 0 radical (unpaired) electrons. The molecule has 2 rings (SSSR count). The minimum absolute atomic E-state index is 0.198. The van der Waals surface area contributed by atoms with E-state index >= 15 is 0 Å². The number of carbonyl (C=O) groups is 1. The number of hydrogen-bond acceptors (Lipinski definition) is 7. The number of aromatic nitrogens is 5. The van der Waals surface area contributed by atoms with Crippen molar-refractivity contribution in [3.8, 4) is 0 Å². The molecule has 0 unspecified atom stereocenters. The Morgan fingerprint density at radius 3 is 2.88 bits per heavy atom. The number of aromatic amines is 1. The van der Waals surface area contributed by atoms with Crippen LogP contribution in [0.5, 0.6) is 0 Å². The monoisotopic (exact) mass is 234 g/mol. The minimum atomic E-state index is -0.350. The van der Waals surface area contributed by atoms with Crippen LogP contribution in [0.2, 0.25) is 0 Å². The maximum Gasteiger partial charge on any atom is 0.272 e. The number of carbonyl (C=O) groups excluding carboxylic acids is 1. The van der Waals surface area contributed by atoms with Crippen LogP contribution in [0, 0.1) is 0 Å². The van der Waals surface area contributed by atoms with Gasteiger partial charge in [-0.15, -0.1) is 10.2 Å². The van der Waals surface area contributed by atoms with E-state index in [0.29, 0.717) is 11.6 Å². The van der Waals surface area contributed by atoms with Crippen LogP contribution in [0.3, 0.4) is 0 Å². The number of H-pyrrole nitrogens is 1. The summed E-state index contributed by atoms with van der Waals surface area (Å²) in [5.74, 6) is 5.72. The molecule has 0 aromatic carbocycles. The van der Waals surface area contributed by atoms with Crippen molar-refractivity contribution >= 4 is 11.7 Å². The standard InChI is InChI=1S/C8H10N8O/c9-13-6-2-1-5(14-16-6)8(17)10-3-7-11-4-12-15-7/h1-2,4H,3,9H2,(H,10,17)(H,13,16)(H,11,12,15). The molecule has 5 N–H and O–H groups in total. The molecule has 0 atom stereocenters. The Morgan fingerprint density at radius 1 is 1.41 bits per heavy atom. The van der Waals surface area contributed by atoms with Crippen molar-refractivity contribution in [1.82, 2.24) is 30.7 Å². The molecule has 2 aromatic heterocycles. The summed E-state index contributed by atoms with van der Waals surface area (Å²) in [7, 11) is 0. The third-order valence-electron chi connectivity index (χ3n) is 1.93. The first-order valence-electron chi connectivity index (χ1n) is 4.72. The van der Waals surface area contributed by atoms with Crippen LogP contribution in [0.25, 0.3) is 0 Å². The van der Waals surface area contributed by atoms with Gasteiger partial charge in [-0.25, -0.2) is 10.8 Å². The molecule has 17 heavy (non-hydrogen) atoms. The van der Waals surface area contributed by atoms with E-state index in [1.807, 2.05) is 0 Å². The second-order valence-corrected chi connectivity index (χ2v) is 3.06. The van der Waals surface area contributed by atoms with Gasteiger partial charge in [-0.1, -0.05) is 0 Å². The molecule has 88 valence electrons. The molecule has 0 aliphatic carbocycles. The van der Waals surface area contributed by atoms with Gasteiger partial charge in [-0.3, -0.25) is 9.89 Å². The van der Waals surface area contributed by atoms with Crippen molar-refractivity contribution in [1.29, 1.82) is 0 Å².